The van der Waals surface area contributed by atoms with Gasteiger partial charge in [0.1, 0.15) is 0 Å². The minimum absolute atomic E-state index is 0.148. The fraction of sp³-hybridized carbons (Fsp3) is 0.286. The molecule has 2 N–H and O–H groups in total. The van der Waals surface area contributed by atoms with Crippen LogP contribution in [0.3, 0.4) is 0 Å². The van der Waals surface area contributed by atoms with Gasteiger partial charge in [-0.25, -0.2) is 8.78 Å². The number of aromatic nitrogens is 2. The van der Waals surface area contributed by atoms with Crippen molar-refractivity contribution in [2.24, 2.45) is 0 Å². The van der Waals surface area contributed by atoms with Gasteiger partial charge in [-0.05, 0) is 0 Å². The summed E-state index contributed by atoms with van der Waals surface area (Å²) in [5, 5.41) is 11.0. The molecule has 5 rings (SSSR count). The van der Waals surface area contributed by atoms with E-state index in [1.54, 1.807) is 7.11 Å². The zero-order chi connectivity index (χ0) is 29.1. The molecule has 1 aliphatic rings. The van der Waals surface area contributed by atoms with E-state index in [-0.39, 0.29) is 32.4 Å². The van der Waals surface area contributed by atoms with Crippen LogP contribution in [0.15, 0.2) is 64.4 Å². The number of benzene rings is 3. The van der Waals surface area contributed by atoms with E-state index in [4.69, 9.17) is 4.74 Å². The van der Waals surface area contributed by atoms with Crippen molar-refractivity contribution in [2.75, 3.05) is 57.2 Å². The molecule has 1 radical (unpaired) electrons. The molecule has 13 heteroatoms. The molecule has 1 amide bonds. The van der Waals surface area contributed by atoms with Gasteiger partial charge in [0.05, 0.1) is 0 Å². The summed E-state index contributed by atoms with van der Waals surface area (Å²) in [4.78, 5) is 17.4. The molecule has 9 nitrogen and oxygen atoms in total. The Bertz CT molecular complexity index is 1670. The van der Waals surface area contributed by atoms with Crippen molar-refractivity contribution in [3.8, 4) is 0 Å². The number of H-pyrrole nitrogens is 1. The number of nitrogens with zero attached hydrogens (tertiary/aromatic N) is 3. The first-order valence-corrected chi connectivity index (χ1v) is 16.6. The average Bonchev–Trinajstić information content (AvgIpc) is 3.35. The molecule has 0 atom stereocenters. The van der Waals surface area contributed by atoms with Crippen molar-refractivity contribution in [3.05, 3.63) is 71.8 Å². The van der Waals surface area contributed by atoms with Crippen LogP contribution in [0, 0.1) is 11.6 Å². The van der Waals surface area contributed by atoms with Gasteiger partial charge in [0, 0.05) is 6.07 Å². The predicted octanol–water partition coefficient (Wildman–Crippen LogP) is 3.07. The number of piperazine rings is 1. The van der Waals surface area contributed by atoms with Gasteiger partial charge in [0.25, 0.3) is 0 Å². The van der Waals surface area contributed by atoms with E-state index in [1.165, 1.54) is 18.2 Å². The molecule has 2 heterocycles. The molecule has 1 aromatic heterocycles. The molecular weight excluding hydrogens is 615 g/mol. The second kappa shape index (κ2) is 12.3. The molecule has 41 heavy (non-hydrogen) atoms. The molecule has 0 bridgehead atoms. The van der Waals surface area contributed by atoms with E-state index >= 15 is 0 Å². The normalized spacial score (nSPS) is 14.8. The van der Waals surface area contributed by atoms with E-state index < -0.39 is 26.4 Å². The Morgan fingerprint density at radius 1 is 1.02 bits per heavy atom. The average molecular weight is 645 g/mol. The van der Waals surface area contributed by atoms with Crippen LogP contribution in [0.4, 0.5) is 20.3 Å². The van der Waals surface area contributed by atoms with Crippen molar-refractivity contribution in [3.63, 3.8) is 0 Å². The Balaban J connectivity index is 1.44. The zero-order valence-corrected chi connectivity index (χ0v) is 25.2. The quantitative estimate of drug-likeness (QED) is 0.213. The molecule has 215 valence electrons. The topological polar surface area (TPSA) is 108 Å². The number of halogens is 2. The van der Waals surface area contributed by atoms with Crippen LogP contribution in [-0.4, -0.2) is 92.1 Å². The second-order valence-corrected chi connectivity index (χ2v) is 14.3. The summed E-state index contributed by atoms with van der Waals surface area (Å²) in [6.45, 7) is 4.34. The summed E-state index contributed by atoms with van der Waals surface area (Å²) in [5.74, 6) is -2.22. The van der Waals surface area contributed by atoms with E-state index in [1.807, 2.05) is 12.1 Å². The van der Waals surface area contributed by atoms with E-state index in [2.05, 4.69) is 38.4 Å². The third-order valence-electron chi connectivity index (χ3n) is 6.89. The van der Waals surface area contributed by atoms with Crippen LogP contribution in [-0.2, 0) is 14.6 Å². The first-order chi connectivity index (χ1) is 19.7. The number of rotatable bonds is 9. The summed E-state index contributed by atoms with van der Waals surface area (Å²) in [6, 6.07) is 12.1. The molecule has 3 aromatic carbocycles. The maximum absolute atomic E-state index is 13.7. The van der Waals surface area contributed by atoms with Gasteiger partial charge >= 0.3 is 229 Å². The van der Waals surface area contributed by atoms with Crippen molar-refractivity contribution >= 4 is 58.3 Å². The number of amides is 1. The number of carbonyl (C=O) groups excluding carboxylic acids is 1. The first-order valence-electron chi connectivity index (χ1n) is 12.9. The maximum atomic E-state index is 13.7. The zero-order valence-electron chi connectivity index (χ0n) is 22.5. The predicted molar refractivity (Wildman–Crippen MR) is 154 cm³/mol. The summed E-state index contributed by atoms with van der Waals surface area (Å²) in [6.07, 6.45) is 0. The fourth-order valence-corrected chi connectivity index (χ4v) is 8.22. The van der Waals surface area contributed by atoms with Gasteiger partial charge < -0.3 is 0 Å². The summed E-state index contributed by atoms with van der Waals surface area (Å²) in [5.41, 5.74) is 2.09. The van der Waals surface area contributed by atoms with Crippen LogP contribution >= 0.6 is 0 Å². The number of aromatic amines is 1. The van der Waals surface area contributed by atoms with Gasteiger partial charge in [0.2, 0.25) is 0 Å². The number of methoxy groups -OCH3 is 1. The summed E-state index contributed by atoms with van der Waals surface area (Å²) in [7, 11) is -0.488. The number of likely N-dealkylation sites (N-methyl/N-ethyl adjacent to an activating group) is 1. The third-order valence-corrected chi connectivity index (χ3v) is 11.0. The van der Waals surface area contributed by atoms with Crippen LogP contribution in [0.25, 0.3) is 10.9 Å². The molecule has 0 saturated carbocycles. The fourth-order valence-electron chi connectivity index (χ4n) is 4.61. The Labute approximate surface area is 243 Å². The molecule has 1 aliphatic heterocycles. The molecule has 1 saturated heterocycles. The summed E-state index contributed by atoms with van der Waals surface area (Å²) < 4.78 is 60.0. The van der Waals surface area contributed by atoms with Crippen LogP contribution in [0.2, 0.25) is 5.21 Å². The molecular formula is C28H29AsF2N5O4S. The Hall–Kier alpha value is -3.31. The van der Waals surface area contributed by atoms with Gasteiger partial charge in [-0.15, -0.1) is 0 Å². The van der Waals surface area contributed by atoms with Crippen LogP contribution in [0.1, 0.15) is 10.4 Å². The second-order valence-electron chi connectivity index (χ2n) is 9.71. The van der Waals surface area contributed by atoms with Gasteiger partial charge in [0.15, 0.2) is 0 Å². The van der Waals surface area contributed by atoms with Crippen molar-refractivity contribution in [1.82, 2.24) is 15.1 Å². The Kier molecular flexibility index (Phi) is 8.74. The number of anilines is 2. The Morgan fingerprint density at radius 3 is 2.46 bits per heavy atom. The van der Waals surface area contributed by atoms with Gasteiger partial charge in [-0.3, -0.25) is 0 Å². The number of hydrogen-bond acceptors (Lipinski definition) is 7. The summed E-state index contributed by atoms with van der Waals surface area (Å²) >= 11 is -0.357. The van der Waals surface area contributed by atoms with E-state index in [9.17, 15) is 22.0 Å². The van der Waals surface area contributed by atoms with Gasteiger partial charge in [-0.2, -0.15) is 0 Å². The number of hydrogen-bond donors (Lipinski definition) is 2. The van der Waals surface area contributed by atoms with Crippen molar-refractivity contribution < 1.29 is 26.7 Å². The molecule has 0 aliphatic carbocycles. The first kappa shape index (κ1) is 29.2. The molecule has 0 spiro atoms. The number of sulfone groups is 1. The van der Waals surface area contributed by atoms with Crippen molar-refractivity contribution in [2.45, 2.75) is 15.0 Å². The number of ether oxygens (including phenoxy) is 1. The number of carbonyl (C=O) groups is 1. The van der Waals surface area contributed by atoms with Crippen molar-refractivity contribution in [1.29, 1.82) is 0 Å². The minimum atomic E-state index is -4.24. The third kappa shape index (κ3) is 6.46. The van der Waals surface area contributed by atoms with E-state index in [0.29, 0.717) is 29.1 Å². The van der Waals surface area contributed by atoms with E-state index in [0.717, 1.165) is 53.6 Å². The molecule has 4 aromatic rings. The standard InChI is InChI=1S/C28H29AsF2N5O4S/c1-35-8-10-36(11-9-35)20-3-5-23(25(16-20)29-7-12-40-2)28(37)32-27-24-17-21(4-6-26(24)33-34-27)41(38,39)22-14-18(30)13-19(31)15-22/h3-6,13-17H,7-12H2,1-2H3,(H2,32,33,34,37). The molecule has 1 fully saturated rings. The number of fused-ring (bicyclic) bond motifs is 1. The Morgan fingerprint density at radius 2 is 1.76 bits per heavy atom. The van der Waals surface area contributed by atoms with Crippen LogP contribution in [0.5, 0.6) is 0 Å². The van der Waals surface area contributed by atoms with Gasteiger partial charge in [-0.1, -0.05) is 0 Å². The van der Waals surface area contributed by atoms with Crippen LogP contribution < -0.4 is 14.6 Å². The molecule has 0 unspecified atom stereocenters. The number of nitrogens with one attached hydrogen (secondary N) is 2. The monoisotopic (exact) mass is 644 g/mol. The SMILES string of the molecule is COCC[As]c1cc(N2CCN(C)CC2)ccc1C(=O)Nc1n[nH]c2ccc(S(=O)(=O)c3cc(F)cc(F)c3)cc12.